The summed E-state index contributed by atoms with van der Waals surface area (Å²) in [6, 6.07) is 0.515. The van der Waals surface area contributed by atoms with E-state index < -0.39 is 58.0 Å². The number of nitrogens with two attached hydrogens (primary N) is 1. The first-order valence-electron chi connectivity index (χ1n) is 17.0. The Kier molecular flexibility index (Phi) is 8.29. The first-order chi connectivity index (χ1) is 22.0. The van der Waals surface area contributed by atoms with Crippen LogP contribution in [0.5, 0.6) is 5.75 Å². The van der Waals surface area contributed by atoms with E-state index in [1.165, 1.54) is 30.6 Å². The van der Waals surface area contributed by atoms with Gasteiger partial charge in [-0.1, -0.05) is 13.3 Å². The van der Waals surface area contributed by atoms with Crippen molar-refractivity contribution < 1.29 is 34.8 Å². The van der Waals surface area contributed by atoms with Crippen LogP contribution in [0.4, 0.5) is 5.69 Å². The third kappa shape index (κ3) is 5.16. The Morgan fingerprint density at radius 2 is 1.68 bits per heavy atom. The van der Waals surface area contributed by atoms with Gasteiger partial charge in [0.2, 0.25) is 5.78 Å². The molecule has 2 unspecified atom stereocenters. The molecule has 7 N–H and O–H groups in total. The van der Waals surface area contributed by atoms with Gasteiger partial charge in [0.05, 0.1) is 11.6 Å². The first kappa shape index (κ1) is 33.5. The second kappa shape index (κ2) is 11.6. The van der Waals surface area contributed by atoms with E-state index >= 15 is 0 Å². The van der Waals surface area contributed by atoms with Crippen LogP contribution in [0, 0.1) is 29.6 Å². The molecule has 0 radical (unpaired) electrons. The molecule has 2 bridgehead atoms. The van der Waals surface area contributed by atoms with Crippen LogP contribution in [0.1, 0.15) is 75.5 Å². The van der Waals surface area contributed by atoms with E-state index in [9.17, 15) is 34.8 Å². The number of Topliss-reactive ketones (excluding diaryl/α,β-unsaturated/α-hetero) is 2. The number of hydrogen-bond donors (Lipinski definition) is 6. The van der Waals surface area contributed by atoms with E-state index in [2.05, 4.69) is 19.2 Å². The number of benzene rings is 1. The highest BCUT2D eigenvalue weighted by Crippen LogP contribution is 2.54. The lowest BCUT2D eigenvalue weighted by Crippen LogP contribution is -2.65. The number of primary amides is 1. The number of carbonyl (C=O) groups excluding carboxylic acids is 3. The molecule has 6 atom stereocenters. The van der Waals surface area contributed by atoms with Crippen molar-refractivity contribution in [3.05, 3.63) is 39.7 Å². The number of aliphatic hydroxyl groups is 3. The molecule has 11 nitrogen and oxygen atoms in total. The molecule has 256 valence electrons. The van der Waals surface area contributed by atoms with E-state index in [1.807, 2.05) is 19.0 Å². The highest BCUT2D eigenvalue weighted by molar-refractivity contribution is 6.24. The molecular weight excluding hydrogens is 600 g/mol. The Bertz CT molecular complexity index is 1580. The van der Waals surface area contributed by atoms with E-state index in [4.69, 9.17) is 5.73 Å². The smallest absolute Gasteiger partial charge is 0.255 e. The zero-order valence-electron chi connectivity index (χ0n) is 28.4. The minimum atomic E-state index is -2.65. The Hall–Kier alpha value is -3.41. The van der Waals surface area contributed by atoms with Crippen LogP contribution >= 0.6 is 0 Å². The van der Waals surface area contributed by atoms with Gasteiger partial charge in [-0.2, -0.15) is 0 Å². The maximum atomic E-state index is 14.2. The van der Waals surface area contributed by atoms with E-state index in [0.717, 1.165) is 30.0 Å². The lowest BCUT2D eigenvalue weighted by atomic mass is 9.57. The maximum absolute atomic E-state index is 14.2. The van der Waals surface area contributed by atoms with Crippen molar-refractivity contribution >= 4 is 28.9 Å². The number of phenolic OH excluding ortho intramolecular Hbond substituents is 1. The molecule has 3 saturated carbocycles. The number of fused-ring (bicyclic) bond motifs is 5. The SMILES string of the molecule is CCC1CC2CC(C1)CC(C)(NCc1cc(O)c3c(c1N(C)C)C[C@H]1C[C@H]4[C@H](N(C)C)C(=O)C(C(N)=O)=C(O)[C@@]4(O)C(=O)C1=C3O)C2. The van der Waals surface area contributed by atoms with Gasteiger partial charge in [0.15, 0.2) is 11.4 Å². The average Bonchev–Trinajstić information content (AvgIpc) is 2.96. The molecule has 11 heteroatoms. The fourth-order valence-electron chi connectivity index (χ4n) is 10.2. The lowest BCUT2D eigenvalue weighted by molar-refractivity contribution is -0.153. The third-order valence-electron chi connectivity index (χ3n) is 12.0. The van der Waals surface area contributed by atoms with Crippen LogP contribution in [-0.4, -0.2) is 88.2 Å². The number of aliphatic hydroxyl groups excluding tert-OH is 2. The quantitative estimate of drug-likeness (QED) is 0.241. The zero-order chi connectivity index (χ0) is 34.3. The van der Waals surface area contributed by atoms with E-state index in [1.54, 1.807) is 20.2 Å². The molecule has 5 aliphatic rings. The molecule has 0 heterocycles. The predicted molar refractivity (Wildman–Crippen MR) is 178 cm³/mol. The number of hydrogen-bond acceptors (Lipinski definition) is 10. The second-order valence-corrected chi connectivity index (χ2v) is 15.6. The van der Waals surface area contributed by atoms with Gasteiger partial charge >= 0.3 is 0 Å². The minimum Gasteiger partial charge on any atom is -0.508 e. The number of nitrogens with zero attached hydrogens (tertiary/aromatic N) is 2. The van der Waals surface area contributed by atoms with Crippen molar-refractivity contribution in [2.75, 3.05) is 33.1 Å². The molecular formula is C36H50N4O7. The van der Waals surface area contributed by atoms with Gasteiger partial charge in [-0.3, -0.25) is 19.3 Å². The lowest BCUT2D eigenvalue weighted by Gasteiger charge is -2.50. The highest BCUT2D eigenvalue weighted by atomic mass is 16.3. The molecule has 0 aliphatic heterocycles. The number of ketones is 2. The van der Waals surface area contributed by atoms with E-state index in [-0.39, 0.29) is 35.3 Å². The standard InChI is InChI=1S/C36H50N4O7/c1-7-17-8-18-10-19(9-17)15-35(2,14-18)38-16-21-13-24(41)26-22(28(21)39(3)4)11-20-12-23-29(40(5)6)31(43)27(34(37)46)33(45)36(23,47)32(44)25(20)30(26)42/h13,17-20,23,29,38,41-42,45,47H,7-12,14-16H2,1-6H3,(H2,37,46)/t17?,18?,19?,20-,23-,29-,35?,36-/m0/s1. The summed E-state index contributed by atoms with van der Waals surface area (Å²) in [5, 5.41) is 49.9. The molecule has 0 saturated heterocycles. The number of likely N-dealkylation sites (N-methyl/N-ethyl adjacent to an activating group) is 1. The second-order valence-electron chi connectivity index (χ2n) is 15.6. The predicted octanol–water partition coefficient (Wildman–Crippen LogP) is 3.11. The Balaban J connectivity index is 1.39. The van der Waals surface area contributed by atoms with Gasteiger partial charge < -0.3 is 36.4 Å². The summed E-state index contributed by atoms with van der Waals surface area (Å²) in [4.78, 5) is 43.3. The van der Waals surface area contributed by atoms with Gasteiger partial charge in [-0.15, -0.1) is 0 Å². The Labute approximate surface area is 276 Å². The molecule has 5 aliphatic carbocycles. The van der Waals surface area contributed by atoms with Gasteiger partial charge in [0.1, 0.15) is 22.8 Å². The number of rotatable bonds is 7. The van der Waals surface area contributed by atoms with Gasteiger partial charge in [0.25, 0.3) is 5.91 Å². The molecule has 0 aromatic heterocycles. The van der Waals surface area contributed by atoms with Gasteiger partial charge in [0, 0.05) is 43.4 Å². The summed E-state index contributed by atoms with van der Waals surface area (Å²) >= 11 is 0. The summed E-state index contributed by atoms with van der Waals surface area (Å²) in [6.45, 7) is 5.11. The van der Waals surface area contributed by atoms with Crippen molar-refractivity contribution in [1.82, 2.24) is 10.2 Å². The number of anilines is 1. The van der Waals surface area contributed by atoms with Crippen molar-refractivity contribution in [2.24, 2.45) is 35.3 Å². The zero-order valence-corrected chi connectivity index (χ0v) is 28.4. The largest absolute Gasteiger partial charge is 0.508 e. The molecule has 0 spiro atoms. The summed E-state index contributed by atoms with van der Waals surface area (Å²) in [5.41, 5.74) is 4.26. The number of phenols is 1. The first-order valence-corrected chi connectivity index (χ1v) is 17.0. The number of aromatic hydroxyl groups is 1. The topological polar surface area (TPSA) is 177 Å². The monoisotopic (exact) mass is 650 g/mol. The van der Waals surface area contributed by atoms with Crippen LogP contribution in [-0.2, 0) is 27.3 Å². The summed E-state index contributed by atoms with van der Waals surface area (Å²) in [6.07, 6.45) is 7.65. The molecule has 1 amide bonds. The fraction of sp³-hybridized carbons (Fsp3) is 0.639. The van der Waals surface area contributed by atoms with Crippen molar-refractivity contribution in [2.45, 2.75) is 88.9 Å². The van der Waals surface area contributed by atoms with Crippen LogP contribution in [0.2, 0.25) is 0 Å². The number of amides is 1. The molecule has 3 fully saturated rings. The summed E-state index contributed by atoms with van der Waals surface area (Å²) in [5.74, 6) is -4.26. The van der Waals surface area contributed by atoms with Gasteiger partial charge in [-0.05, 0) is 107 Å². The molecule has 1 aromatic rings. The van der Waals surface area contributed by atoms with E-state index in [0.29, 0.717) is 23.9 Å². The Morgan fingerprint density at radius 3 is 2.23 bits per heavy atom. The maximum Gasteiger partial charge on any atom is 0.255 e. The fourth-order valence-corrected chi connectivity index (χ4v) is 10.2. The number of nitrogens with one attached hydrogen (secondary N) is 1. The molecule has 1 aromatic carbocycles. The minimum absolute atomic E-state index is 0.0369. The Morgan fingerprint density at radius 1 is 1.04 bits per heavy atom. The van der Waals surface area contributed by atoms with Crippen molar-refractivity contribution in [3.8, 4) is 5.75 Å². The highest BCUT2D eigenvalue weighted by Gasteiger charge is 2.64. The van der Waals surface area contributed by atoms with Gasteiger partial charge in [-0.25, -0.2) is 0 Å². The third-order valence-corrected chi connectivity index (χ3v) is 12.0. The average molecular weight is 651 g/mol. The summed E-state index contributed by atoms with van der Waals surface area (Å²) in [7, 11) is 7.00. The normalized spacial score (nSPS) is 35.1. The molecule has 47 heavy (non-hydrogen) atoms. The van der Waals surface area contributed by atoms with Crippen LogP contribution in [0.25, 0.3) is 5.76 Å². The van der Waals surface area contributed by atoms with Crippen LogP contribution < -0.4 is 16.0 Å². The molecule has 6 rings (SSSR count). The van der Waals surface area contributed by atoms with Crippen molar-refractivity contribution in [3.63, 3.8) is 0 Å². The van der Waals surface area contributed by atoms with Crippen molar-refractivity contribution in [1.29, 1.82) is 0 Å². The van der Waals surface area contributed by atoms with Crippen LogP contribution in [0.3, 0.4) is 0 Å². The summed E-state index contributed by atoms with van der Waals surface area (Å²) < 4.78 is 0. The number of carbonyl (C=O) groups is 3. The van der Waals surface area contributed by atoms with Crippen LogP contribution in [0.15, 0.2) is 23.0 Å².